The number of carbonyl (C=O) groups excluding carboxylic acids is 1. The molecule has 0 unspecified atom stereocenters. The Kier molecular flexibility index (Phi) is 5.79. The summed E-state index contributed by atoms with van der Waals surface area (Å²) in [6.07, 6.45) is 1.52. The molecule has 1 atom stereocenters. The van der Waals surface area contributed by atoms with Gasteiger partial charge < -0.3 is 14.1 Å². The van der Waals surface area contributed by atoms with Gasteiger partial charge in [0.05, 0.1) is 19.4 Å². The van der Waals surface area contributed by atoms with Crippen molar-refractivity contribution in [3.05, 3.63) is 52.4 Å². The summed E-state index contributed by atoms with van der Waals surface area (Å²) in [5, 5.41) is 14.4. The Hall–Kier alpha value is -2.56. The molecule has 1 saturated heterocycles. The summed E-state index contributed by atoms with van der Waals surface area (Å²) in [4.78, 5) is 17.9. The molecular formula is C18H22N6O3S. The number of hydrogen-bond donors (Lipinski definition) is 0. The number of methoxy groups -OCH3 is 1. The number of furan rings is 1. The van der Waals surface area contributed by atoms with Crippen molar-refractivity contribution in [3.63, 3.8) is 0 Å². The number of amides is 1. The zero-order valence-corrected chi connectivity index (χ0v) is 16.4. The minimum atomic E-state index is -0.0674. The van der Waals surface area contributed by atoms with E-state index in [1.807, 2.05) is 11.0 Å². The third kappa shape index (κ3) is 3.84. The van der Waals surface area contributed by atoms with Gasteiger partial charge in [-0.25, -0.2) is 4.68 Å². The monoisotopic (exact) mass is 402 g/mol. The second-order valence-corrected chi connectivity index (χ2v) is 7.46. The van der Waals surface area contributed by atoms with Crippen molar-refractivity contribution in [3.8, 4) is 0 Å². The fourth-order valence-corrected chi connectivity index (χ4v) is 4.26. The van der Waals surface area contributed by atoms with E-state index in [0.29, 0.717) is 32.0 Å². The molecule has 1 amide bonds. The molecule has 9 nitrogen and oxygen atoms in total. The molecule has 148 valence electrons. The van der Waals surface area contributed by atoms with Crippen LogP contribution in [-0.4, -0.2) is 75.8 Å². The largest absolute Gasteiger partial charge is 0.459 e. The van der Waals surface area contributed by atoms with Crippen LogP contribution in [0.1, 0.15) is 27.3 Å². The Morgan fingerprint density at radius 2 is 2.14 bits per heavy atom. The van der Waals surface area contributed by atoms with Crippen molar-refractivity contribution >= 4 is 17.2 Å². The average Bonchev–Trinajstić information content (AvgIpc) is 3.49. The van der Waals surface area contributed by atoms with Gasteiger partial charge in [0.2, 0.25) is 0 Å². The highest BCUT2D eigenvalue weighted by atomic mass is 32.1. The predicted octanol–water partition coefficient (Wildman–Crippen LogP) is 1.52. The number of thiophene rings is 1. The fraction of sp³-hybridized carbons (Fsp3) is 0.444. The number of ether oxygens (including phenoxy) is 1. The lowest BCUT2D eigenvalue weighted by Gasteiger charge is -2.38. The normalized spacial score (nSPS) is 16.4. The van der Waals surface area contributed by atoms with Crippen LogP contribution in [-0.2, 0) is 11.3 Å². The average molecular weight is 402 g/mol. The van der Waals surface area contributed by atoms with Crippen LogP contribution in [0, 0.1) is 0 Å². The van der Waals surface area contributed by atoms with E-state index in [1.165, 1.54) is 11.1 Å². The molecule has 28 heavy (non-hydrogen) atoms. The summed E-state index contributed by atoms with van der Waals surface area (Å²) in [7, 11) is 1.66. The van der Waals surface area contributed by atoms with E-state index >= 15 is 0 Å². The third-order valence-electron chi connectivity index (χ3n) is 4.82. The van der Waals surface area contributed by atoms with Gasteiger partial charge in [0.25, 0.3) is 5.91 Å². The number of hydrogen-bond acceptors (Lipinski definition) is 8. The minimum Gasteiger partial charge on any atom is -0.459 e. The van der Waals surface area contributed by atoms with Crippen molar-refractivity contribution in [1.29, 1.82) is 0 Å². The lowest BCUT2D eigenvalue weighted by atomic mass is 10.1. The maximum absolute atomic E-state index is 12.5. The smallest absolute Gasteiger partial charge is 0.289 e. The van der Waals surface area contributed by atoms with Crippen LogP contribution in [0.2, 0.25) is 0 Å². The van der Waals surface area contributed by atoms with E-state index in [-0.39, 0.29) is 11.9 Å². The first-order chi connectivity index (χ1) is 13.8. The van der Waals surface area contributed by atoms with Crippen LogP contribution >= 0.6 is 11.3 Å². The first-order valence-corrected chi connectivity index (χ1v) is 10.0. The molecule has 0 bridgehead atoms. The van der Waals surface area contributed by atoms with Crippen molar-refractivity contribution in [2.75, 3.05) is 39.9 Å². The number of nitrogens with zero attached hydrogens (tertiary/aromatic N) is 6. The molecule has 10 heteroatoms. The number of tetrazole rings is 1. The molecule has 3 aromatic rings. The van der Waals surface area contributed by atoms with E-state index in [0.717, 1.165) is 18.9 Å². The molecule has 0 radical (unpaired) electrons. The van der Waals surface area contributed by atoms with Crippen LogP contribution in [0.15, 0.2) is 40.3 Å². The van der Waals surface area contributed by atoms with Crippen LogP contribution in [0.25, 0.3) is 0 Å². The van der Waals surface area contributed by atoms with Crippen LogP contribution in [0.3, 0.4) is 0 Å². The maximum atomic E-state index is 12.5. The van der Waals surface area contributed by atoms with Crippen molar-refractivity contribution in [2.45, 2.75) is 12.6 Å². The van der Waals surface area contributed by atoms with Crippen LogP contribution < -0.4 is 0 Å². The standard InChI is InChI=1S/C18H22N6O3S/c1-26-12-10-24-17(19-20-21-24)16(15-5-3-13-28-15)22-6-8-23(9-7-22)18(25)14-4-2-11-27-14/h2-5,11,13,16H,6-10,12H2,1H3/t16-/m0/s1. The Balaban J connectivity index is 1.51. The molecule has 1 fully saturated rings. The Bertz CT molecular complexity index is 871. The van der Waals surface area contributed by atoms with Gasteiger partial charge in [-0.15, -0.1) is 16.4 Å². The van der Waals surface area contributed by atoms with Crippen molar-refractivity contribution < 1.29 is 13.9 Å². The second kappa shape index (κ2) is 8.63. The molecule has 0 saturated carbocycles. The number of piperazine rings is 1. The number of rotatable bonds is 7. The van der Waals surface area contributed by atoms with Crippen molar-refractivity contribution in [2.24, 2.45) is 0 Å². The van der Waals surface area contributed by atoms with Crippen LogP contribution in [0.4, 0.5) is 0 Å². The van der Waals surface area contributed by atoms with E-state index in [2.05, 4.69) is 31.9 Å². The number of carbonyl (C=O) groups is 1. The fourth-order valence-electron chi connectivity index (χ4n) is 3.40. The molecule has 0 aliphatic carbocycles. The molecular weight excluding hydrogens is 380 g/mol. The zero-order chi connectivity index (χ0) is 19.3. The van der Waals surface area contributed by atoms with Gasteiger partial charge in [-0.1, -0.05) is 6.07 Å². The molecule has 4 rings (SSSR count). The van der Waals surface area contributed by atoms with E-state index in [4.69, 9.17) is 9.15 Å². The molecule has 1 aliphatic heterocycles. The van der Waals surface area contributed by atoms with Gasteiger partial charge in [0, 0.05) is 38.2 Å². The lowest BCUT2D eigenvalue weighted by molar-refractivity contribution is 0.0560. The Morgan fingerprint density at radius 3 is 2.82 bits per heavy atom. The van der Waals surface area contributed by atoms with Gasteiger partial charge in [-0.3, -0.25) is 9.69 Å². The summed E-state index contributed by atoms with van der Waals surface area (Å²) >= 11 is 1.68. The van der Waals surface area contributed by atoms with E-state index in [9.17, 15) is 4.79 Å². The van der Waals surface area contributed by atoms with Gasteiger partial charge in [-0.05, 0) is 34.0 Å². The summed E-state index contributed by atoms with van der Waals surface area (Å²) < 4.78 is 12.2. The molecule has 3 aromatic heterocycles. The van der Waals surface area contributed by atoms with Gasteiger partial charge in [0.1, 0.15) is 6.04 Å². The SMILES string of the molecule is COCCn1nnnc1[C@H](c1cccs1)N1CCN(C(=O)c2ccco2)CC1. The maximum Gasteiger partial charge on any atom is 0.289 e. The first-order valence-electron chi connectivity index (χ1n) is 9.13. The topological polar surface area (TPSA) is 89.5 Å². The Labute approximate surface area is 166 Å². The minimum absolute atomic E-state index is 0.0484. The zero-order valence-electron chi connectivity index (χ0n) is 15.6. The second-order valence-electron chi connectivity index (χ2n) is 6.48. The van der Waals surface area contributed by atoms with Gasteiger partial charge in [-0.2, -0.15) is 0 Å². The quantitative estimate of drug-likeness (QED) is 0.592. The molecule has 0 spiro atoms. The summed E-state index contributed by atoms with van der Waals surface area (Å²) in [6, 6.07) is 7.52. The summed E-state index contributed by atoms with van der Waals surface area (Å²) in [5.74, 6) is 1.11. The summed E-state index contributed by atoms with van der Waals surface area (Å²) in [6.45, 7) is 3.85. The highest BCUT2D eigenvalue weighted by Gasteiger charge is 2.32. The summed E-state index contributed by atoms with van der Waals surface area (Å²) in [5.41, 5.74) is 0. The van der Waals surface area contributed by atoms with E-state index in [1.54, 1.807) is 35.3 Å². The number of aromatic nitrogens is 4. The third-order valence-corrected chi connectivity index (χ3v) is 5.75. The van der Waals surface area contributed by atoms with Gasteiger partial charge >= 0.3 is 0 Å². The first kappa shape index (κ1) is 18.8. The highest BCUT2D eigenvalue weighted by Crippen LogP contribution is 2.31. The van der Waals surface area contributed by atoms with Crippen molar-refractivity contribution in [1.82, 2.24) is 30.0 Å². The Morgan fingerprint density at radius 1 is 1.29 bits per heavy atom. The van der Waals surface area contributed by atoms with E-state index < -0.39 is 0 Å². The predicted molar refractivity (Wildman–Crippen MR) is 102 cm³/mol. The molecule has 0 aromatic carbocycles. The van der Waals surface area contributed by atoms with Gasteiger partial charge in [0.15, 0.2) is 11.6 Å². The molecule has 1 aliphatic rings. The lowest BCUT2D eigenvalue weighted by Crippen LogP contribution is -2.50. The highest BCUT2D eigenvalue weighted by molar-refractivity contribution is 7.10. The molecule has 4 heterocycles. The molecule has 0 N–H and O–H groups in total. The van der Waals surface area contributed by atoms with Crippen LogP contribution in [0.5, 0.6) is 0 Å².